The van der Waals surface area contributed by atoms with Gasteiger partial charge in [0.2, 0.25) is 0 Å². The zero-order valence-electron chi connectivity index (χ0n) is 14.4. The highest BCUT2D eigenvalue weighted by Gasteiger charge is 2.32. The van der Waals surface area contributed by atoms with E-state index in [1.807, 2.05) is 30.3 Å². The van der Waals surface area contributed by atoms with Crippen molar-refractivity contribution in [1.82, 2.24) is 0 Å². The van der Waals surface area contributed by atoms with E-state index in [0.29, 0.717) is 29.0 Å². The highest BCUT2D eigenvalue weighted by atomic mass is 19.4. The molecular formula is C22H17F3O2. The molecule has 0 saturated carbocycles. The van der Waals surface area contributed by atoms with Gasteiger partial charge in [0.25, 0.3) is 0 Å². The van der Waals surface area contributed by atoms with Gasteiger partial charge in [0.1, 0.15) is 18.1 Å². The summed E-state index contributed by atoms with van der Waals surface area (Å²) in [5.74, 6) is 0.284. The normalized spacial score (nSPS) is 11.1. The van der Waals surface area contributed by atoms with Crippen LogP contribution in [0.4, 0.5) is 13.2 Å². The van der Waals surface area contributed by atoms with E-state index in [0.717, 1.165) is 5.56 Å². The van der Waals surface area contributed by atoms with Gasteiger partial charge in [-0.05, 0) is 41.0 Å². The summed E-state index contributed by atoms with van der Waals surface area (Å²) in [7, 11) is 0. The van der Waals surface area contributed by atoms with Crippen LogP contribution in [0.5, 0.6) is 11.5 Å². The number of benzene rings is 3. The third-order valence-corrected chi connectivity index (χ3v) is 3.86. The van der Waals surface area contributed by atoms with Crippen molar-refractivity contribution < 1.29 is 22.6 Å². The van der Waals surface area contributed by atoms with Crippen LogP contribution in [0.1, 0.15) is 11.1 Å². The Balaban J connectivity index is 1.90. The van der Waals surface area contributed by atoms with Crippen LogP contribution in [-0.2, 0) is 6.61 Å². The molecule has 3 aromatic rings. The molecule has 0 N–H and O–H groups in total. The Bertz CT molecular complexity index is 918. The van der Waals surface area contributed by atoms with Gasteiger partial charge < -0.3 is 9.47 Å². The predicted molar refractivity (Wildman–Crippen MR) is 99.4 cm³/mol. The van der Waals surface area contributed by atoms with Gasteiger partial charge in [-0.25, -0.2) is 0 Å². The van der Waals surface area contributed by atoms with Crippen LogP contribution in [0, 0.1) is 0 Å². The van der Waals surface area contributed by atoms with Crippen molar-refractivity contribution in [2.45, 2.75) is 13.0 Å². The number of rotatable bonds is 6. The molecule has 0 amide bonds. The molecule has 3 aromatic carbocycles. The van der Waals surface area contributed by atoms with E-state index in [1.54, 1.807) is 36.4 Å². The molecule has 0 radical (unpaired) electrons. The summed E-state index contributed by atoms with van der Waals surface area (Å²) in [5.41, 5.74) is 2.56. The summed E-state index contributed by atoms with van der Waals surface area (Å²) < 4.78 is 48.2. The van der Waals surface area contributed by atoms with Crippen LogP contribution in [-0.4, -0.2) is 6.36 Å². The molecule has 27 heavy (non-hydrogen) atoms. The minimum atomic E-state index is -4.77. The minimum absolute atomic E-state index is 0.270. The second-order valence-electron chi connectivity index (χ2n) is 5.81. The molecule has 0 aliphatic heterocycles. The van der Waals surface area contributed by atoms with Gasteiger partial charge in [0, 0.05) is 5.56 Å². The summed E-state index contributed by atoms with van der Waals surface area (Å²) in [6, 6.07) is 20.9. The van der Waals surface area contributed by atoms with Crippen molar-refractivity contribution in [2.75, 3.05) is 0 Å². The van der Waals surface area contributed by atoms with Gasteiger partial charge in [-0.15, -0.1) is 13.2 Å². The highest BCUT2D eigenvalue weighted by Crippen LogP contribution is 2.36. The Kier molecular flexibility index (Phi) is 5.50. The lowest BCUT2D eigenvalue weighted by Gasteiger charge is -2.15. The van der Waals surface area contributed by atoms with Crippen molar-refractivity contribution in [1.29, 1.82) is 0 Å². The topological polar surface area (TPSA) is 18.5 Å². The number of halogens is 3. The third-order valence-electron chi connectivity index (χ3n) is 3.86. The third kappa shape index (κ3) is 5.14. The van der Waals surface area contributed by atoms with Gasteiger partial charge in [-0.3, -0.25) is 0 Å². The molecule has 5 heteroatoms. The Morgan fingerprint density at radius 3 is 2.37 bits per heavy atom. The van der Waals surface area contributed by atoms with E-state index < -0.39 is 6.36 Å². The molecule has 0 aliphatic rings. The first-order valence-electron chi connectivity index (χ1n) is 8.24. The van der Waals surface area contributed by atoms with Crippen LogP contribution in [0.25, 0.3) is 17.2 Å². The maximum atomic E-state index is 12.7. The van der Waals surface area contributed by atoms with Crippen LogP contribution in [0.3, 0.4) is 0 Å². The second-order valence-corrected chi connectivity index (χ2v) is 5.81. The molecule has 138 valence electrons. The summed E-state index contributed by atoms with van der Waals surface area (Å²) in [4.78, 5) is 0. The lowest BCUT2D eigenvalue weighted by molar-refractivity contribution is -0.274. The first kappa shape index (κ1) is 18.6. The second kappa shape index (κ2) is 7.99. The van der Waals surface area contributed by atoms with E-state index in [1.165, 1.54) is 12.1 Å². The zero-order valence-corrected chi connectivity index (χ0v) is 14.4. The van der Waals surface area contributed by atoms with Crippen molar-refractivity contribution in [3.8, 4) is 22.6 Å². The molecule has 0 spiro atoms. The fourth-order valence-corrected chi connectivity index (χ4v) is 2.61. The van der Waals surface area contributed by atoms with E-state index >= 15 is 0 Å². The molecule has 0 aromatic heterocycles. The summed E-state index contributed by atoms with van der Waals surface area (Å²) in [6.07, 6.45) is -3.21. The number of ether oxygens (including phenoxy) is 2. The standard InChI is InChI=1S/C22H17F3O2/c1-2-16-11-12-21(27-22(23,24)25)20(13-16)18-9-6-10-19(14-18)26-15-17-7-4-3-5-8-17/h2-14H,1,15H2. The van der Waals surface area contributed by atoms with Gasteiger partial charge in [0.15, 0.2) is 0 Å². The smallest absolute Gasteiger partial charge is 0.489 e. The molecule has 0 fully saturated rings. The van der Waals surface area contributed by atoms with Gasteiger partial charge in [-0.1, -0.05) is 61.2 Å². The van der Waals surface area contributed by atoms with E-state index in [-0.39, 0.29) is 5.75 Å². The van der Waals surface area contributed by atoms with Crippen molar-refractivity contribution in [3.05, 3.63) is 90.5 Å². The Morgan fingerprint density at radius 1 is 0.889 bits per heavy atom. The molecule has 0 unspecified atom stereocenters. The minimum Gasteiger partial charge on any atom is -0.489 e. The van der Waals surface area contributed by atoms with Crippen LogP contribution < -0.4 is 9.47 Å². The van der Waals surface area contributed by atoms with Gasteiger partial charge >= 0.3 is 6.36 Å². The average Bonchev–Trinajstić information content (AvgIpc) is 2.66. The fraction of sp³-hybridized carbons (Fsp3) is 0.0909. The Hall–Kier alpha value is -3.21. The quantitative estimate of drug-likeness (QED) is 0.495. The fourth-order valence-electron chi connectivity index (χ4n) is 2.61. The van der Waals surface area contributed by atoms with E-state index in [2.05, 4.69) is 11.3 Å². The number of hydrogen-bond acceptors (Lipinski definition) is 2. The van der Waals surface area contributed by atoms with Crippen LogP contribution in [0.15, 0.2) is 79.4 Å². The molecule has 0 heterocycles. The lowest BCUT2D eigenvalue weighted by atomic mass is 10.0. The van der Waals surface area contributed by atoms with E-state index in [9.17, 15) is 13.2 Å². The molecule has 3 rings (SSSR count). The van der Waals surface area contributed by atoms with Gasteiger partial charge in [-0.2, -0.15) is 0 Å². The average molecular weight is 370 g/mol. The highest BCUT2D eigenvalue weighted by molar-refractivity contribution is 5.74. The lowest BCUT2D eigenvalue weighted by Crippen LogP contribution is -2.17. The largest absolute Gasteiger partial charge is 0.573 e. The monoisotopic (exact) mass is 370 g/mol. The van der Waals surface area contributed by atoms with Gasteiger partial charge in [0.05, 0.1) is 0 Å². The maximum Gasteiger partial charge on any atom is 0.573 e. The molecule has 0 bridgehead atoms. The Labute approximate surface area is 155 Å². The summed E-state index contributed by atoms with van der Waals surface area (Å²) in [6.45, 7) is 4.03. The van der Waals surface area contributed by atoms with Crippen molar-refractivity contribution >= 4 is 6.08 Å². The maximum absolute atomic E-state index is 12.7. The molecule has 2 nitrogen and oxygen atoms in total. The summed E-state index contributed by atoms with van der Waals surface area (Å²) >= 11 is 0. The van der Waals surface area contributed by atoms with Crippen LogP contribution in [0.2, 0.25) is 0 Å². The number of alkyl halides is 3. The van der Waals surface area contributed by atoms with Crippen LogP contribution >= 0.6 is 0 Å². The molecular weight excluding hydrogens is 353 g/mol. The van der Waals surface area contributed by atoms with Crippen molar-refractivity contribution in [2.24, 2.45) is 0 Å². The first-order valence-corrected chi connectivity index (χ1v) is 8.24. The van der Waals surface area contributed by atoms with Crippen molar-refractivity contribution in [3.63, 3.8) is 0 Å². The first-order chi connectivity index (χ1) is 12.9. The van der Waals surface area contributed by atoms with E-state index in [4.69, 9.17) is 4.74 Å². The molecule has 0 atom stereocenters. The predicted octanol–water partition coefficient (Wildman–Crippen LogP) is 6.47. The number of hydrogen-bond donors (Lipinski definition) is 0. The Morgan fingerprint density at radius 2 is 1.67 bits per heavy atom. The zero-order chi connectivity index (χ0) is 19.3. The SMILES string of the molecule is C=Cc1ccc(OC(F)(F)F)c(-c2cccc(OCc3ccccc3)c2)c1. The molecule has 0 saturated heterocycles. The summed E-state index contributed by atoms with van der Waals surface area (Å²) in [5, 5.41) is 0. The molecule has 0 aliphatic carbocycles.